The monoisotopic (exact) mass is 244 g/mol. The van der Waals surface area contributed by atoms with E-state index in [4.69, 9.17) is 9.47 Å². The Labute approximate surface area is 103 Å². The third kappa shape index (κ3) is 3.91. The van der Waals surface area contributed by atoms with Crippen LogP contribution in [0.25, 0.3) is 0 Å². The highest BCUT2D eigenvalue weighted by Gasteiger charge is 2.26. The van der Waals surface area contributed by atoms with Crippen molar-refractivity contribution in [3.05, 3.63) is 0 Å². The van der Waals surface area contributed by atoms with Crippen LogP contribution in [0.15, 0.2) is 0 Å². The van der Waals surface area contributed by atoms with Crippen LogP contribution in [0.5, 0.6) is 0 Å². The van der Waals surface area contributed by atoms with Gasteiger partial charge in [-0.25, -0.2) is 0 Å². The molecular weight excluding hydrogens is 220 g/mol. The van der Waals surface area contributed by atoms with Crippen LogP contribution in [0, 0.1) is 0 Å². The second kappa shape index (κ2) is 6.69. The van der Waals surface area contributed by atoms with Crippen molar-refractivity contribution in [2.24, 2.45) is 0 Å². The minimum Gasteiger partial charge on any atom is -0.390 e. The summed E-state index contributed by atoms with van der Waals surface area (Å²) in [5.41, 5.74) is 0. The molecule has 17 heavy (non-hydrogen) atoms. The van der Waals surface area contributed by atoms with Gasteiger partial charge in [-0.2, -0.15) is 0 Å². The minimum atomic E-state index is -0.344. The maximum Gasteiger partial charge on any atom is 0.147 e. The van der Waals surface area contributed by atoms with E-state index in [2.05, 4.69) is 0 Å². The van der Waals surface area contributed by atoms with Gasteiger partial charge in [0.1, 0.15) is 6.79 Å². The van der Waals surface area contributed by atoms with Crippen LogP contribution >= 0.6 is 0 Å². The molecule has 2 fully saturated rings. The fraction of sp³-hybridized carbons (Fsp3) is 1.00. The zero-order valence-corrected chi connectivity index (χ0v) is 10.4. The number of rotatable bonds is 4. The Kier molecular flexibility index (Phi) is 5.22. The van der Waals surface area contributed by atoms with E-state index in [1.165, 1.54) is 0 Å². The summed E-state index contributed by atoms with van der Waals surface area (Å²) in [6.45, 7) is 0.198. The molecule has 2 saturated carbocycles. The summed E-state index contributed by atoms with van der Waals surface area (Å²) in [4.78, 5) is 0. The lowest BCUT2D eigenvalue weighted by atomic mass is 9.95. The molecule has 100 valence electrons. The molecule has 4 nitrogen and oxygen atoms in total. The van der Waals surface area contributed by atoms with Gasteiger partial charge in [-0.05, 0) is 25.7 Å². The van der Waals surface area contributed by atoms with E-state index in [1.54, 1.807) is 0 Å². The Hall–Kier alpha value is -0.160. The highest BCUT2D eigenvalue weighted by atomic mass is 16.7. The Bertz CT molecular complexity index is 199. The molecule has 4 atom stereocenters. The number of aliphatic hydroxyl groups is 2. The van der Waals surface area contributed by atoms with Crippen LogP contribution < -0.4 is 0 Å². The molecule has 0 amide bonds. The predicted molar refractivity (Wildman–Crippen MR) is 63.6 cm³/mol. The van der Waals surface area contributed by atoms with Gasteiger partial charge in [0, 0.05) is 0 Å². The lowest BCUT2D eigenvalue weighted by Gasteiger charge is -2.30. The molecule has 0 aromatic rings. The molecule has 0 radical (unpaired) electrons. The van der Waals surface area contributed by atoms with Crippen LogP contribution in [0.1, 0.15) is 51.4 Å². The maximum absolute atomic E-state index is 9.73. The van der Waals surface area contributed by atoms with Gasteiger partial charge in [-0.15, -0.1) is 0 Å². The van der Waals surface area contributed by atoms with Crippen molar-refractivity contribution in [2.75, 3.05) is 6.79 Å². The SMILES string of the molecule is O[C@H]1CCCC[C@@H]1OCO[C@H]1CCCC[C@@H]1O. The minimum absolute atomic E-state index is 0.0792. The fourth-order valence-electron chi connectivity index (χ4n) is 2.76. The van der Waals surface area contributed by atoms with Gasteiger partial charge >= 0.3 is 0 Å². The largest absolute Gasteiger partial charge is 0.390 e. The molecule has 0 aliphatic heterocycles. The Morgan fingerprint density at radius 1 is 0.706 bits per heavy atom. The molecule has 0 aromatic heterocycles. The summed E-state index contributed by atoms with van der Waals surface area (Å²) in [6.07, 6.45) is 7.05. The molecule has 0 unspecified atom stereocenters. The van der Waals surface area contributed by atoms with Crippen molar-refractivity contribution >= 4 is 0 Å². The number of hydrogen-bond donors (Lipinski definition) is 2. The Morgan fingerprint density at radius 3 is 1.53 bits per heavy atom. The first kappa shape index (κ1) is 13.3. The molecule has 0 spiro atoms. The Morgan fingerprint density at radius 2 is 1.12 bits per heavy atom. The van der Waals surface area contributed by atoms with Crippen LogP contribution in [0.4, 0.5) is 0 Å². The summed E-state index contributed by atoms with van der Waals surface area (Å²) in [5, 5.41) is 19.5. The summed E-state index contributed by atoms with van der Waals surface area (Å²) in [5.74, 6) is 0. The van der Waals surface area contributed by atoms with E-state index in [0.29, 0.717) is 0 Å². The first-order chi connectivity index (χ1) is 8.27. The zero-order valence-electron chi connectivity index (χ0n) is 10.4. The molecule has 2 rings (SSSR count). The highest BCUT2D eigenvalue weighted by Crippen LogP contribution is 2.23. The van der Waals surface area contributed by atoms with Gasteiger partial charge in [0.25, 0.3) is 0 Å². The number of hydrogen-bond acceptors (Lipinski definition) is 4. The summed E-state index contributed by atoms with van der Waals surface area (Å²) >= 11 is 0. The first-order valence-electron chi connectivity index (χ1n) is 6.86. The lowest BCUT2D eigenvalue weighted by Crippen LogP contribution is -2.36. The van der Waals surface area contributed by atoms with Crippen LogP contribution in [-0.2, 0) is 9.47 Å². The molecular formula is C13H24O4. The molecule has 0 bridgehead atoms. The van der Waals surface area contributed by atoms with E-state index in [-0.39, 0.29) is 31.2 Å². The zero-order chi connectivity index (χ0) is 12.1. The standard InChI is InChI=1S/C13H24O4/c14-10-5-1-3-7-12(10)16-9-17-13-8-4-2-6-11(13)15/h10-15H,1-9H2/t10-,11-,12-,13-/m0/s1. The second-order valence-electron chi connectivity index (χ2n) is 5.23. The quantitative estimate of drug-likeness (QED) is 0.737. The third-order valence-corrected chi connectivity index (χ3v) is 3.90. The molecule has 0 aromatic carbocycles. The molecule has 2 N–H and O–H groups in total. The lowest BCUT2D eigenvalue weighted by molar-refractivity contribution is -0.175. The van der Waals surface area contributed by atoms with E-state index >= 15 is 0 Å². The fourth-order valence-corrected chi connectivity index (χ4v) is 2.76. The van der Waals surface area contributed by atoms with Gasteiger partial charge < -0.3 is 19.7 Å². The molecule has 4 heteroatoms. The van der Waals surface area contributed by atoms with E-state index in [0.717, 1.165) is 51.4 Å². The summed E-state index contributed by atoms with van der Waals surface area (Å²) < 4.78 is 11.1. The molecule has 2 aliphatic rings. The van der Waals surface area contributed by atoms with E-state index in [1.807, 2.05) is 0 Å². The van der Waals surface area contributed by atoms with Crippen LogP contribution in [0.2, 0.25) is 0 Å². The predicted octanol–water partition coefficient (Wildman–Crippen LogP) is 1.58. The van der Waals surface area contributed by atoms with Crippen molar-refractivity contribution in [2.45, 2.75) is 75.8 Å². The van der Waals surface area contributed by atoms with Crippen molar-refractivity contribution in [3.63, 3.8) is 0 Å². The van der Waals surface area contributed by atoms with Crippen molar-refractivity contribution in [1.82, 2.24) is 0 Å². The van der Waals surface area contributed by atoms with Crippen LogP contribution in [0.3, 0.4) is 0 Å². The van der Waals surface area contributed by atoms with Crippen LogP contribution in [-0.4, -0.2) is 41.4 Å². The van der Waals surface area contributed by atoms with Gasteiger partial charge in [0.05, 0.1) is 24.4 Å². The third-order valence-electron chi connectivity index (χ3n) is 3.90. The number of aliphatic hydroxyl groups excluding tert-OH is 2. The van der Waals surface area contributed by atoms with Crippen molar-refractivity contribution < 1.29 is 19.7 Å². The highest BCUT2D eigenvalue weighted by molar-refractivity contribution is 4.76. The van der Waals surface area contributed by atoms with E-state index in [9.17, 15) is 10.2 Å². The second-order valence-corrected chi connectivity index (χ2v) is 5.23. The molecule has 0 saturated heterocycles. The molecule has 2 aliphatic carbocycles. The van der Waals surface area contributed by atoms with Gasteiger partial charge in [-0.3, -0.25) is 0 Å². The van der Waals surface area contributed by atoms with Crippen molar-refractivity contribution in [3.8, 4) is 0 Å². The number of ether oxygens (including phenoxy) is 2. The van der Waals surface area contributed by atoms with Crippen molar-refractivity contribution in [1.29, 1.82) is 0 Å². The first-order valence-corrected chi connectivity index (χ1v) is 6.86. The van der Waals surface area contributed by atoms with Gasteiger partial charge in [0.15, 0.2) is 0 Å². The topological polar surface area (TPSA) is 58.9 Å². The van der Waals surface area contributed by atoms with Gasteiger partial charge in [0.2, 0.25) is 0 Å². The average molecular weight is 244 g/mol. The summed E-state index contributed by atoms with van der Waals surface area (Å²) in [7, 11) is 0. The maximum atomic E-state index is 9.73. The van der Waals surface area contributed by atoms with E-state index < -0.39 is 0 Å². The normalized spacial score (nSPS) is 39.2. The average Bonchev–Trinajstić information content (AvgIpc) is 2.34. The van der Waals surface area contributed by atoms with Gasteiger partial charge in [-0.1, -0.05) is 25.7 Å². The molecule has 0 heterocycles. The summed E-state index contributed by atoms with van der Waals surface area (Å²) in [6, 6.07) is 0. The Balaban J connectivity index is 1.64. The smallest absolute Gasteiger partial charge is 0.147 e.